The Morgan fingerprint density at radius 2 is 1.97 bits per heavy atom. The van der Waals surface area contributed by atoms with Gasteiger partial charge in [0, 0.05) is 25.7 Å². The van der Waals surface area contributed by atoms with E-state index in [2.05, 4.69) is 0 Å². The van der Waals surface area contributed by atoms with Crippen molar-refractivity contribution >= 4 is 15.9 Å². The molecule has 0 saturated carbocycles. The maximum Gasteiger partial charge on any atom is 0.243 e. The molecule has 1 N–H and O–H groups in total. The largest absolute Gasteiger partial charge is 0.497 e. The van der Waals surface area contributed by atoms with E-state index in [0.29, 0.717) is 25.0 Å². The molecular formula is C23H34N2O7S. The highest BCUT2D eigenvalue weighted by Gasteiger charge is 2.43. The Balaban J connectivity index is 1.51. The molecule has 0 bridgehead atoms. The molecule has 10 heteroatoms. The predicted octanol–water partition coefficient (Wildman–Crippen LogP) is 1.40. The number of hydrogen-bond donors (Lipinski definition) is 1. The van der Waals surface area contributed by atoms with Crippen molar-refractivity contribution in [2.45, 2.75) is 67.8 Å². The zero-order valence-corrected chi connectivity index (χ0v) is 19.9. The van der Waals surface area contributed by atoms with E-state index in [1.807, 2.05) is 4.90 Å². The third-order valence-electron chi connectivity index (χ3n) is 6.69. The van der Waals surface area contributed by atoms with Crippen LogP contribution < -0.4 is 4.74 Å². The summed E-state index contributed by atoms with van der Waals surface area (Å²) in [6.07, 6.45) is 2.92. The number of piperidine rings is 1. The first-order valence-electron chi connectivity index (χ1n) is 11.7. The lowest BCUT2D eigenvalue weighted by molar-refractivity contribution is -0.152. The summed E-state index contributed by atoms with van der Waals surface area (Å²) in [5.41, 5.74) is 0. The van der Waals surface area contributed by atoms with Crippen LogP contribution in [-0.4, -0.2) is 92.9 Å². The molecule has 0 radical (unpaired) electrons. The van der Waals surface area contributed by atoms with E-state index < -0.39 is 28.3 Å². The van der Waals surface area contributed by atoms with Gasteiger partial charge in [-0.05, 0) is 44.2 Å². The quantitative estimate of drug-likeness (QED) is 0.676. The van der Waals surface area contributed by atoms with Gasteiger partial charge >= 0.3 is 0 Å². The Kier molecular flexibility index (Phi) is 7.91. The molecule has 1 aromatic carbocycles. The van der Waals surface area contributed by atoms with Gasteiger partial charge in [-0.25, -0.2) is 8.42 Å². The number of aliphatic hydroxyl groups excluding tert-OH is 1. The lowest BCUT2D eigenvalue weighted by Crippen LogP contribution is -2.57. The lowest BCUT2D eigenvalue weighted by atomic mass is 9.96. The fourth-order valence-corrected chi connectivity index (χ4v) is 6.69. The number of hydrogen-bond acceptors (Lipinski definition) is 7. The molecule has 0 unspecified atom stereocenters. The Morgan fingerprint density at radius 1 is 1.18 bits per heavy atom. The molecule has 33 heavy (non-hydrogen) atoms. The number of aliphatic hydroxyl groups is 1. The maximum atomic E-state index is 13.6. The summed E-state index contributed by atoms with van der Waals surface area (Å²) in [7, 11) is -2.43. The number of sulfonamides is 1. The van der Waals surface area contributed by atoms with Crippen LogP contribution in [0.1, 0.15) is 38.5 Å². The summed E-state index contributed by atoms with van der Waals surface area (Å²) in [4.78, 5) is 14.7. The molecule has 3 heterocycles. The topological polar surface area (TPSA) is 106 Å². The van der Waals surface area contributed by atoms with Crippen molar-refractivity contribution in [1.29, 1.82) is 0 Å². The van der Waals surface area contributed by atoms with Gasteiger partial charge in [0.05, 0.1) is 56.0 Å². The highest BCUT2D eigenvalue weighted by atomic mass is 32.2. The second-order valence-electron chi connectivity index (χ2n) is 9.03. The number of ether oxygens (including phenoxy) is 3. The summed E-state index contributed by atoms with van der Waals surface area (Å²) < 4.78 is 45.6. The van der Waals surface area contributed by atoms with Gasteiger partial charge in [0.2, 0.25) is 15.9 Å². The molecule has 3 fully saturated rings. The summed E-state index contributed by atoms with van der Waals surface area (Å²) >= 11 is 0. The molecule has 0 aromatic heterocycles. The van der Waals surface area contributed by atoms with Crippen LogP contribution in [0, 0.1) is 0 Å². The molecule has 1 aromatic rings. The predicted molar refractivity (Wildman–Crippen MR) is 120 cm³/mol. The number of rotatable bonds is 5. The van der Waals surface area contributed by atoms with Crippen molar-refractivity contribution in [3.63, 3.8) is 0 Å². The number of nitrogens with zero attached hydrogens (tertiary/aromatic N) is 2. The van der Waals surface area contributed by atoms with E-state index in [0.717, 1.165) is 32.4 Å². The Hall–Kier alpha value is -1.72. The molecular weight excluding hydrogens is 448 g/mol. The number of carbonyl (C=O) groups excluding carboxylic acids is 1. The van der Waals surface area contributed by atoms with Crippen LogP contribution in [0.3, 0.4) is 0 Å². The van der Waals surface area contributed by atoms with Crippen molar-refractivity contribution in [3.05, 3.63) is 24.3 Å². The molecule has 3 saturated heterocycles. The van der Waals surface area contributed by atoms with Crippen LogP contribution in [0.15, 0.2) is 29.2 Å². The van der Waals surface area contributed by atoms with E-state index >= 15 is 0 Å². The summed E-state index contributed by atoms with van der Waals surface area (Å²) in [6.45, 7) is 1.70. The second-order valence-corrected chi connectivity index (χ2v) is 10.9. The maximum absolute atomic E-state index is 13.6. The standard InChI is InChI=1S/C23H34N2O7S/c1-30-18-6-5-7-20(12-18)33(28,29)25-14-17(26)15-31-16-22-21(25)9-8-19(32-22)13-23(27)24-10-3-2-4-11-24/h5-7,12,17,19,21-22,26H,2-4,8-11,13-16H2,1H3/t17-,19-,21-,22+/m1/s1. The third kappa shape index (κ3) is 5.68. The first-order valence-corrected chi connectivity index (χ1v) is 13.2. The highest BCUT2D eigenvalue weighted by molar-refractivity contribution is 7.89. The molecule has 9 nitrogen and oxygen atoms in total. The van der Waals surface area contributed by atoms with Crippen molar-refractivity contribution in [1.82, 2.24) is 9.21 Å². The van der Waals surface area contributed by atoms with Gasteiger partial charge in [-0.1, -0.05) is 6.07 Å². The molecule has 184 valence electrons. The van der Waals surface area contributed by atoms with Gasteiger partial charge in [0.15, 0.2) is 0 Å². The van der Waals surface area contributed by atoms with Crippen molar-refractivity contribution in [2.75, 3.05) is 40.0 Å². The number of likely N-dealkylation sites (tertiary alicyclic amines) is 1. The Morgan fingerprint density at radius 3 is 2.73 bits per heavy atom. The smallest absolute Gasteiger partial charge is 0.243 e. The first kappa shape index (κ1) is 24.4. The van der Waals surface area contributed by atoms with E-state index in [-0.39, 0.29) is 36.7 Å². The highest BCUT2D eigenvalue weighted by Crippen LogP contribution is 2.32. The zero-order valence-electron chi connectivity index (χ0n) is 19.1. The van der Waals surface area contributed by atoms with Crippen molar-refractivity contribution in [2.24, 2.45) is 0 Å². The number of benzene rings is 1. The van der Waals surface area contributed by atoms with E-state index in [1.165, 1.54) is 23.5 Å². The van der Waals surface area contributed by atoms with Crippen LogP contribution in [0.4, 0.5) is 0 Å². The van der Waals surface area contributed by atoms with Crippen LogP contribution in [0.5, 0.6) is 5.75 Å². The number of carbonyl (C=O) groups is 1. The zero-order chi connectivity index (χ0) is 23.4. The van der Waals surface area contributed by atoms with Crippen LogP contribution >= 0.6 is 0 Å². The Labute approximate surface area is 195 Å². The summed E-state index contributed by atoms with van der Waals surface area (Å²) in [5, 5.41) is 10.4. The average molecular weight is 483 g/mol. The van der Waals surface area contributed by atoms with E-state index in [4.69, 9.17) is 14.2 Å². The second kappa shape index (κ2) is 10.7. The van der Waals surface area contributed by atoms with Crippen LogP contribution in [-0.2, 0) is 24.3 Å². The van der Waals surface area contributed by atoms with E-state index in [1.54, 1.807) is 12.1 Å². The van der Waals surface area contributed by atoms with Crippen molar-refractivity contribution < 1.29 is 32.5 Å². The van der Waals surface area contributed by atoms with Crippen LogP contribution in [0.25, 0.3) is 0 Å². The van der Waals surface area contributed by atoms with Crippen molar-refractivity contribution in [3.8, 4) is 5.75 Å². The number of methoxy groups -OCH3 is 1. The minimum atomic E-state index is -3.91. The molecule has 3 aliphatic heterocycles. The fourth-order valence-electron chi connectivity index (χ4n) is 4.94. The van der Waals surface area contributed by atoms with Gasteiger partial charge in [-0.3, -0.25) is 4.79 Å². The normalized spacial score (nSPS) is 29.6. The van der Waals surface area contributed by atoms with Gasteiger partial charge in [0.1, 0.15) is 5.75 Å². The molecule has 0 spiro atoms. The lowest BCUT2D eigenvalue weighted by Gasteiger charge is -2.43. The third-order valence-corrected chi connectivity index (χ3v) is 8.58. The fraction of sp³-hybridized carbons (Fsp3) is 0.696. The van der Waals surface area contributed by atoms with Gasteiger partial charge < -0.3 is 24.2 Å². The molecule has 4 rings (SSSR count). The van der Waals surface area contributed by atoms with Crippen LogP contribution in [0.2, 0.25) is 0 Å². The minimum absolute atomic E-state index is 0.0219. The number of β-amino-alcohol motifs (C(OH)–C–C–N with tert-alkyl or cyclic N) is 1. The van der Waals surface area contributed by atoms with Gasteiger partial charge in [0.25, 0.3) is 0 Å². The van der Waals surface area contributed by atoms with Gasteiger partial charge in [-0.15, -0.1) is 0 Å². The molecule has 3 aliphatic rings. The SMILES string of the molecule is COc1cccc(S(=O)(=O)N2C[C@@H](O)COC[C@@H]3O[C@@H](CC(=O)N4CCCCC4)CC[C@H]32)c1. The molecule has 0 aliphatic carbocycles. The minimum Gasteiger partial charge on any atom is -0.497 e. The number of amides is 1. The van der Waals surface area contributed by atoms with E-state index in [9.17, 15) is 18.3 Å². The Bertz CT molecular complexity index is 919. The first-order chi connectivity index (χ1) is 15.9. The van der Waals surface area contributed by atoms with Gasteiger partial charge in [-0.2, -0.15) is 4.31 Å². The number of fused-ring (bicyclic) bond motifs is 1. The summed E-state index contributed by atoms with van der Waals surface area (Å²) in [6, 6.07) is 5.84. The monoisotopic (exact) mass is 482 g/mol. The summed E-state index contributed by atoms with van der Waals surface area (Å²) in [5.74, 6) is 0.543. The average Bonchev–Trinajstić information content (AvgIpc) is 2.82. The molecule has 1 amide bonds. The molecule has 4 atom stereocenters.